The van der Waals surface area contributed by atoms with Gasteiger partial charge in [-0.05, 0) is 49.4 Å². The van der Waals surface area contributed by atoms with Gasteiger partial charge in [0.2, 0.25) is 5.91 Å². The van der Waals surface area contributed by atoms with Gasteiger partial charge in [0.15, 0.2) is 0 Å². The molecule has 6 nitrogen and oxygen atoms in total. The Bertz CT molecular complexity index is 1130. The highest BCUT2D eigenvalue weighted by molar-refractivity contribution is 7.09. The number of hydrogen-bond acceptors (Lipinski definition) is 4. The molecule has 0 spiro atoms. The molecular formula is C24H27N3O3S. The van der Waals surface area contributed by atoms with Crippen molar-refractivity contribution in [2.75, 3.05) is 7.11 Å². The monoisotopic (exact) mass is 437 g/mol. The van der Waals surface area contributed by atoms with Gasteiger partial charge in [0, 0.05) is 22.4 Å². The second-order valence-electron chi connectivity index (χ2n) is 8.74. The molecule has 1 unspecified atom stereocenters. The molecule has 0 bridgehead atoms. The molecule has 7 heteroatoms. The van der Waals surface area contributed by atoms with E-state index in [2.05, 4.69) is 5.32 Å². The van der Waals surface area contributed by atoms with Gasteiger partial charge in [0.1, 0.15) is 17.0 Å². The van der Waals surface area contributed by atoms with Gasteiger partial charge in [-0.2, -0.15) is 0 Å². The van der Waals surface area contributed by atoms with Gasteiger partial charge >= 0.3 is 0 Å². The average molecular weight is 438 g/mol. The van der Waals surface area contributed by atoms with Gasteiger partial charge in [-0.1, -0.05) is 18.9 Å². The van der Waals surface area contributed by atoms with E-state index < -0.39 is 5.54 Å². The summed E-state index contributed by atoms with van der Waals surface area (Å²) in [6, 6.07) is 11.9. The predicted octanol–water partition coefficient (Wildman–Crippen LogP) is 4.18. The van der Waals surface area contributed by atoms with E-state index in [-0.39, 0.29) is 17.9 Å². The third kappa shape index (κ3) is 3.41. The zero-order chi connectivity index (χ0) is 21.6. The zero-order valence-electron chi connectivity index (χ0n) is 17.9. The molecule has 162 valence electrons. The Hall–Kier alpha value is -2.80. The first-order valence-corrected chi connectivity index (χ1v) is 11.7. The summed E-state index contributed by atoms with van der Waals surface area (Å²) in [5.74, 6) is 0.553. The van der Waals surface area contributed by atoms with E-state index >= 15 is 0 Å². The third-order valence-corrected chi connectivity index (χ3v) is 7.57. The molecule has 2 aliphatic rings. The van der Waals surface area contributed by atoms with Crippen molar-refractivity contribution in [2.45, 2.75) is 57.3 Å². The molecule has 3 aromatic rings. The number of methoxy groups -OCH3 is 1. The Labute approximate surface area is 185 Å². The normalized spacial score (nSPS) is 21.5. The van der Waals surface area contributed by atoms with E-state index in [4.69, 9.17) is 4.74 Å². The summed E-state index contributed by atoms with van der Waals surface area (Å²) < 4.78 is 7.39. The van der Waals surface area contributed by atoms with Crippen LogP contribution in [0.5, 0.6) is 5.75 Å². The molecule has 3 heterocycles. The number of thiophene rings is 1. The first-order chi connectivity index (χ1) is 15.0. The number of carbonyl (C=O) groups excluding carboxylic acids is 2. The van der Waals surface area contributed by atoms with Gasteiger partial charge in [-0.25, -0.2) is 0 Å². The zero-order valence-corrected chi connectivity index (χ0v) is 18.7. The molecule has 1 atom stereocenters. The summed E-state index contributed by atoms with van der Waals surface area (Å²) in [5, 5.41) is 6.22. The number of ether oxygens (including phenoxy) is 1. The maximum absolute atomic E-state index is 13.7. The molecule has 1 fully saturated rings. The maximum atomic E-state index is 13.7. The number of nitrogens with one attached hydrogen (secondary N) is 1. The second kappa shape index (κ2) is 7.71. The molecule has 1 aliphatic heterocycles. The maximum Gasteiger partial charge on any atom is 0.271 e. The smallest absolute Gasteiger partial charge is 0.271 e. The first kappa shape index (κ1) is 20.1. The Morgan fingerprint density at radius 1 is 1.26 bits per heavy atom. The third-order valence-electron chi connectivity index (χ3n) is 6.71. The Kier molecular flexibility index (Phi) is 5.01. The van der Waals surface area contributed by atoms with E-state index in [9.17, 15) is 9.59 Å². The van der Waals surface area contributed by atoms with Crippen LogP contribution < -0.4 is 10.1 Å². The van der Waals surface area contributed by atoms with Crippen LogP contribution in [-0.4, -0.2) is 40.0 Å². The van der Waals surface area contributed by atoms with Crippen molar-refractivity contribution in [3.8, 4) is 5.75 Å². The highest BCUT2D eigenvalue weighted by atomic mass is 32.1. The molecule has 0 saturated heterocycles. The molecule has 1 saturated carbocycles. The minimum Gasteiger partial charge on any atom is -0.497 e. The number of aromatic nitrogens is 1. The summed E-state index contributed by atoms with van der Waals surface area (Å²) in [5.41, 5.74) is 0.551. The van der Waals surface area contributed by atoms with Crippen molar-refractivity contribution in [1.82, 2.24) is 14.8 Å². The molecule has 31 heavy (non-hydrogen) atoms. The van der Waals surface area contributed by atoms with Crippen molar-refractivity contribution < 1.29 is 14.3 Å². The molecular weight excluding hydrogens is 410 g/mol. The lowest BCUT2D eigenvalue weighted by atomic mass is 9.94. The summed E-state index contributed by atoms with van der Waals surface area (Å²) in [6.45, 7) is 2.74. The van der Waals surface area contributed by atoms with E-state index in [1.54, 1.807) is 23.3 Å². The van der Waals surface area contributed by atoms with Gasteiger partial charge in [0.05, 0.1) is 25.7 Å². The highest BCUT2D eigenvalue weighted by Gasteiger charge is 2.48. The fraction of sp³-hybridized carbons (Fsp3) is 0.417. The van der Waals surface area contributed by atoms with Gasteiger partial charge in [0.25, 0.3) is 5.91 Å². The molecule has 5 rings (SSSR count). The molecule has 2 amide bonds. The van der Waals surface area contributed by atoms with Crippen LogP contribution in [0.3, 0.4) is 0 Å². The van der Waals surface area contributed by atoms with Gasteiger partial charge in [-0.3, -0.25) is 9.59 Å². The van der Waals surface area contributed by atoms with Crippen LogP contribution in [0.1, 0.15) is 48.0 Å². The topological polar surface area (TPSA) is 63.6 Å². The number of carbonyl (C=O) groups is 2. The number of rotatable bonds is 5. The number of benzene rings is 1. The molecule has 1 aliphatic carbocycles. The minimum absolute atomic E-state index is 0.0697. The van der Waals surface area contributed by atoms with Crippen LogP contribution in [-0.2, 0) is 17.9 Å². The summed E-state index contributed by atoms with van der Waals surface area (Å²) in [6.07, 6.45) is 4.31. The van der Waals surface area contributed by atoms with Gasteiger partial charge in [-0.15, -0.1) is 11.3 Å². The second-order valence-corrected chi connectivity index (χ2v) is 9.77. The van der Waals surface area contributed by atoms with Crippen molar-refractivity contribution in [3.63, 3.8) is 0 Å². The van der Waals surface area contributed by atoms with Crippen LogP contribution in [0.2, 0.25) is 0 Å². The van der Waals surface area contributed by atoms with Crippen LogP contribution in [0, 0.1) is 0 Å². The SMILES string of the molecule is COc1ccc2cc3n(c2c1)CC(C)(C(=O)NC1CCCC1)N(Cc1cccs1)C3=O. The first-order valence-electron chi connectivity index (χ1n) is 10.8. The average Bonchev–Trinajstić information content (AvgIpc) is 3.52. The lowest BCUT2D eigenvalue weighted by Gasteiger charge is -2.44. The number of amides is 2. The predicted molar refractivity (Wildman–Crippen MR) is 121 cm³/mol. The van der Waals surface area contributed by atoms with Crippen molar-refractivity contribution in [3.05, 3.63) is 52.3 Å². The Morgan fingerprint density at radius 3 is 2.77 bits per heavy atom. The molecule has 0 radical (unpaired) electrons. The van der Waals surface area contributed by atoms with Crippen LogP contribution in [0.15, 0.2) is 41.8 Å². The Balaban J connectivity index is 1.58. The minimum atomic E-state index is -0.980. The van der Waals surface area contributed by atoms with Crippen molar-refractivity contribution in [1.29, 1.82) is 0 Å². The number of fused-ring (bicyclic) bond motifs is 3. The van der Waals surface area contributed by atoms with E-state index in [0.717, 1.165) is 47.2 Å². The largest absolute Gasteiger partial charge is 0.497 e. The number of hydrogen-bond donors (Lipinski definition) is 1. The summed E-state index contributed by atoms with van der Waals surface area (Å²) in [4.78, 5) is 30.2. The van der Waals surface area contributed by atoms with E-state index in [1.165, 1.54) is 0 Å². The quantitative estimate of drug-likeness (QED) is 0.651. The van der Waals surface area contributed by atoms with E-state index in [0.29, 0.717) is 18.8 Å². The summed E-state index contributed by atoms with van der Waals surface area (Å²) >= 11 is 1.61. The van der Waals surface area contributed by atoms with E-state index in [1.807, 2.05) is 53.3 Å². The van der Waals surface area contributed by atoms with Crippen LogP contribution >= 0.6 is 11.3 Å². The van der Waals surface area contributed by atoms with Crippen molar-refractivity contribution in [2.24, 2.45) is 0 Å². The fourth-order valence-electron chi connectivity index (χ4n) is 4.87. The molecule has 1 aromatic carbocycles. The number of nitrogens with zero attached hydrogens (tertiary/aromatic N) is 2. The van der Waals surface area contributed by atoms with Crippen LogP contribution in [0.25, 0.3) is 10.9 Å². The van der Waals surface area contributed by atoms with Crippen molar-refractivity contribution >= 4 is 34.1 Å². The lowest BCUT2D eigenvalue weighted by Crippen LogP contribution is -2.64. The Morgan fingerprint density at radius 2 is 2.06 bits per heavy atom. The molecule has 1 N–H and O–H groups in total. The highest BCUT2D eigenvalue weighted by Crippen LogP contribution is 2.35. The lowest BCUT2D eigenvalue weighted by molar-refractivity contribution is -0.133. The summed E-state index contributed by atoms with van der Waals surface area (Å²) in [7, 11) is 1.63. The molecule has 2 aromatic heterocycles. The fourth-order valence-corrected chi connectivity index (χ4v) is 5.57. The van der Waals surface area contributed by atoms with Crippen LogP contribution in [0.4, 0.5) is 0 Å². The standard InChI is InChI=1S/C24H27N3O3S/c1-24(23(29)25-17-6-3-4-7-17)15-26-20-13-18(30-2)10-9-16(20)12-21(26)22(28)27(24)14-19-8-5-11-31-19/h5,8-13,17H,3-4,6-7,14-15H2,1-2H3,(H,25,29). The van der Waals surface area contributed by atoms with Gasteiger partial charge < -0.3 is 19.5 Å².